The van der Waals surface area contributed by atoms with Gasteiger partial charge in [0.1, 0.15) is 17.6 Å². The lowest BCUT2D eigenvalue weighted by atomic mass is 10.2. The van der Waals surface area contributed by atoms with Gasteiger partial charge in [0.2, 0.25) is 0 Å². The summed E-state index contributed by atoms with van der Waals surface area (Å²) in [6.45, 7) is 0.662. The summed E-state index contributed by atoms with van der Waals surface area (Å²) >= 11 is 5.79. The lowest BCUT2D eigenvalue weighted by Gasteiger charge is -2.25. The molecule has 0 fully saturated rings. The van der Waals surface area contributed by atoms with Gasteiger partial charge in [-0.2, -0.15) is 0 Å². The number of hydrogen-bond acceptors (Lipinski definition) is 4. The topological polar surface area (TPSA) is 42.4 Å². The second kappa shape index (κ2) is 6.15. The third kappa shape index (κ3) is 3.26. The molecule has 112 valence electrons. The molecular weight excluding hydrogens is 307 g/mol. The van der Waals surface area contributed by atoms with Crippen molar-refractivity contribution in [1.82, 2.24) is 4.98 Å². The molecule has 1 aliphatic heterocycles. The van der Waals surface area contributed by atoms with E-state index in [2.05, 4.69) is 4.98 Å². The Bertz CT molecular complexity index is 714. The van der Waals surface area contributed by atoms with Crippen LogP contribution in [0.5, 0.6) is 0 Å². The van der Waals surface area contributed by atoms with Gasteiger partial charge in [0.05, 0.1) is 5.70 Å². The number of nitrogens with zero attached hydrogens (tertiary/aromatic N) is 2. The van der Waals surface area contributed by atoms with Crippen molar-refractivity contribution in [3.05, 3.63) is 70.9 Å². The summed E-state index contributed by atoms with van der Waals surface area (Å²) < 4.78 is 18.1. The number of halogens is 2. The first-order chi connectivity index (χ1) is 10.6. The summed E-state index contributed by atoms with van der Waals surface area (Å²) in [5.74, 6) is -0.694. The van der Waals surface area contributed by atoms with Crippen molar-refractivity contribution < 1.29 is 13.9 Å². The lowest BCUT2D eigenvalue weighted by Crippen LogP contribution is -2.23. The van der Waals surface area contributed by atoms with Crippen molar-refractivity contribution in [2.45, 2.75) is 6.54 Å². The predicted molar refractivity (Wildman–Crippen MR) is 80.9 cm³/mol. The SMILES string of the molecule is O=C1C=C(N(Cc2ccc(Cl)nc2)c2ccc(F)cc2)CO1. The van der Waals surface area contributed by atoms with Gasteiger partial charge in [0.25, 0.3) is 0 Å². The van der Waals surface area contributed by atoms with Crippen LogP contribution in [0, 0.1) is 5.82 Å². The zero-order valence-corrected chi connectivity index (χ0v) is 12.3. The molecule has 0 unspecified atom stereocenters. The van der Waals surface area contributed by atoms with Crippen molar-refractivity contribution in [2.75, 3.05) is 11.5 Å². The molecular formula is C16H12ClFN2O2. The lowest BCUT2D eigenvalue weighted by molar-refractivity contribution is -0.134. The number of benzene rings is 1. The predicted octanol–water partition coefficient (Wildman–Crippen LogP) is 3.32. The smallest absolute Gasteiger partial charge is 0.333 e. The van der Waals surface area contributed by atoms with E-state index in [0.29, 0.717) is 17.4 Å². The molecule has 4 nitrogen and oxygen atoms in total. The second-order valence-electron chi connectivity index (χ2n) is 4.80. The number of esters is 1. The van der Waals surface area contributed by atoms with Crippen LogP contribution in [0.25, 0.3) is 0 Å². The van der Waals surface area contributed by atoms with E-state index < -0.39 is 0 Å². The molecule has 0 bridgehead atoms. The fourth-order valence-corrected chi connectivity index (χ4v) is 2.29. The number of pyridine rings is 1. The van der Waals surface area contributed by atoms with E-state index in [1.807, 2.05) is 11.0 Å². The normalized spacial score (nSPS) is 13.7. The van der Waals surface area contributed by atoms with Crippen molar-refractivity contribution in [3.8, 4) is 0 Å². The Morgan fingerprint density at radius 3 is 2.59 bits per heavy atom. The van der Waals surface area contributed by atoms with Crippen molar-refractivity contribution >= 4 is 23.3 Å². The molecule has 2 aromatic rings. The van der Waals surface area contributed by atoms with Crippen LogP contribution in [0.15, 0.2) is 54.4 Å². The van der Waals surface area contributed by atoms with E-state index in [0.717, 1.165) is 11.3 Å². The van der Waals surface area contributed by atoms with Crippen molar-refractivity contribution in [3.63, 3.8) is 0 Å². The first-order valence-electron chi connectivity index (χ1n) is 6.63. The fourth-order valence-electron chi connectivity index (χ4n) is 2.18. The zero-order valence-electron chi connectivity index (χ0n) is 11.5. The summed E-state index contributed by atoms with van der Waals surface area (Å²) in [5, 5.41) is 0.413. The first-order valence-corrected chi connectivity index (χ1v) is 7.00. The van der Waals surface area contributed by atoms with Gasteiger partial charge >= 0.3 is 5.97 Å². The van der Waals surface area contributed by atoms with Gasteiger partial charge in [-0.1, -0.05) is 17.7 Å². The summed E-state index contributed by atoms with van der Waals surface area (Å²) in [6.07, 6.45) is 3.10. The van der Waals surface area contributed by atoms with Crippen molar-refractivity contribution in [2.24, 2.45) is 0 Å². The average Bonchev–Trinajstić information content (AvgIpc) is 2.94. The molecule has 0 saturated heterocycles. The molecule has 1 aromatic carbocycles. The average molecular weight is 319 g/mol. The number of carbonyl (C=O) groups is 1. The largest absolute Gasteiger partial charge is 0.456 e. The molecule has 1 aliphatic rings. The fraction of sp³-hybridized carbons (Fsp3) is 0.125. The van der Waals surface area contributed by atoms with E-state index >= 15 is 0 Å². The number of anilines is 1. The summed E-state index contributed by atoms with van der Waals surface area (Å²) in [4.78, 5) is 17.3. The third-order valence-electron chi connectivity index (χ3n) is 3.26. The van der Waals surface area contributed by atoms with Gasteiger partial charge in [-0.15, -0.1) is 0 Å². The van der Waals surface area contributed by atoms with Crippen LogP contribution in [0.1, 0.15) is 5.56 Å². The highest BCUT2D eigenvalue weighted by atomic mass is 35.5. The van der Waals surface area contributed by atoms with Crippen LogP contribution < -0.4 is 4.90 Å². The maximum Gasteiger partial charge on any atom is 0.333 e. The molecule has 0 N–H and O–H groups in total. The Hall–Kier alpha value is -2.40. The monoisotopic (exact) mass is 318 g/mol. The van der Waals surface area contributed by atoms with E-state index in [1.165, 1.54) is 18.2 Å². The van der Waals surface area contributed by atoms with Gasteiger partial charge in [-0.05, 0) is 35.9 Å². The standard InChI is InChI=1S/C16H12ClFN2O2/c17-15-6-1-11(8-19-15)9-20(14-7-16(21)22-10-14)13-4-2-12(18)3-5-13/h1-8H,9-10H2. The number of cyclic esters (lactones) is 1. The maximum atomic E-state index is 13.1. The molecule has 0 amide bonds. The summed E-state index contributed by atoms with van der Waals surface area (Å²) in [7, 11) is 0. The number of rotatable bonds is 4. The van der Waals surface area contributed by atoms with Gasteiger partial charge in [-0.25, -0.2) is 14.2 Å². The van der Waals surface area contributed by atoms with Crippen LogP contribution in [-0.4, -0.2) is 17.6 Å². The minimum absolute atomic E-state index is 0.192. The number of aromatic nitrogens is 1. The summed E-state index contributed by atoms with van der Waals surface area (Å²) in [6, 6.07) is 9.61. The number of carbonyl (C=O) groups excluding carboxylic acids is 1. The minimum Gasteiger partial charge on any atom is -0.456 e. The Morgan fingerprint density at radius 1 is 1.23 bits per heavy atom. The zero-order chi connectivity index (χ0) is 15.5. The van der Waals surface area contributed by atoms with E-state index in [4.69, 9.17) is 16.3 Å². The van der Waals surface area contributed by atoms with Crippen LogP contribution >= 0.6 is 11.6 Å². The Morgan fingerprint density at radius 2 is 2.00 bits per heavy atom. The van der Waals surface area contributed by atoms with Crippen molar-refractivity contribution in [1.29, 1.82) is 0 Å². The number of ether oxygens (including phenoxy) is 1. The van der Waals surface area contributed by atoms with Gasteiger partial charge in [0, 0.05) is 24.5 Å². The van der Waals surface area contributed by atoms with Crippen LogP contribution in [0.4, 0.5) is 10.1 Å². The maximum absolute atomic E-state index is 13.1. The molecule has 2 heterocycles. The molecule has 3 rings (SSSR count). The quantitative estimate of drug-likeness (QED) is 0.640. The highest BCUT2D eigenvalue weighted by molar-refractivity contribution is 6.29. The second-order valence-corrected chi connectivity index (χ2v) is 5.18. The Kier molecular flexibility index (Phi) is 4.06. The molecule has 0 atom stereocenters. The highest BCUT2D eigenvalue weighted by Crippen LogP contribution is 2.25. The Balaban J connectivity index is 1.92. The Labute approximate surface area is 131 Å². The molecule has 0 spiro atoms. The van der Waals surface area contributed by atoms with Gasteiger partial charge in [-0.3, -0.25) is 0 Å². The molecule has 1 aromatic heterocycles. The minimum atomic E-state index is -0.378. The molecule has 0 saturated carbocycles. The molecule has 0 aliphatic carbocycles. The van der Waals surface area contributed by atoms with Gasteiger partial charge in [0.15, 0.2) is 0 Å². The molecule has 22 heavy (non-hydrogen) atoms. The van der Waals surface area contributed by atoms with Gasteiger partial charge < -0.3 is 9.64 Å². The van der Waals surface area contributed by atoms with Crippen LogP contribution in [0.2, 0.25) is 5.15 Å². The molecule has 6 heteroatoms. The highest BCUT2D eigenvalue weighted by Gasteiger charge is 2.21. The first kappa shape index (κ1) is 14.5. The van der Waals surface area contributed by atoms with E-state index in [-0.39, 0.29) is 18.4 Å². The van der Waals surface area contributed by atoms with E-state index in [1.54, 1.807) is 24.4 Å². The summed E-state index contributed by atoms with van der Waals surface area (Å²) in [5.41, 5.74) is 2.39. The van der Waals surface area contributed by atoms with Crippen LogP contribution in [-0.2, 0) is 16.1 Å². The van der Waals surface area contributed by atoms with Crippen LogP contribution in [0.3, 0.4) is 0 Å². The van der Waals surface area contributed by atoms with E-state index in [9.17, 15) is 9.18 Å². The third-order valence-corrected chi connectivity index (χ3v) is 3.48. The number of hydrogen-bond donors (Lipinski definition) is 0. The molecule has 0 radical (unpaired) electrons.